The molecule has 0 aliphatic heterocycles. The van der Waals surface area contributed by atoms with E-state index in [2.05, 4.69) is 0 Å². The Balaban J connectivity index is 2.14. The Labute approximate surface area is 121 Å². The minimum atomic E-state index is -0.885. The Bertz CT molecular complexity index is 599. The molecule has 0 bridgehead atoms. The van der Waals surface area contributed by atoms with Gasteiger partial charge in [0.1, 0.15) is 5.82 Å². The number of hydrogen-bond donors (Lipinski definition) is 1. The Morgan fingerprint density at radius 3 is 2.50 bits per heavy atom. The zero-order valence-electron chi connectivity index (χ0n) is 10.7. The van der Waals surface area contributed by atoms with Crippen molar-refractivity contribution in [2.45, 2.75) is 18.8 Å². The fraction of sp³-hybridized carbons (Fsp3) is 0.188. The van der Waals surface area contributed by atoms with Crippen molar-refractivity contribution in [2.75, 3.05) is 0 Å². The van der Waals surface area contributed by atoms with E-state index in [4.69, 9.17) is 11.6 Å². The van der Waals surface area contributed by atoms with Gasteiger partial charge in [0.25, 0.3) is 0 Å². The van der Waals surface area contributed by atoms with Gasteiger partial charge in [-0.3, -0.25) is 4.79 Å². The van der Waals surface area contributed by atoms with Crippen LogP contribution in [0.2, 0.25) is 5.02 Å². The largest absolute Gasteiger partial charge is 0.481 e. The van der Waals surface area contributed by atoms with Crippen LogP contribution in [0.3, 0.4) is 0 Å². The zero-order chi connectivity index (χ0) is 14.5. The third-order valence-corrected chi connectivity index (χ3v) is 3.66. The molecule has 0 saturated carbocycles. The number of carbonyl (C=O) groups is 1. The van der Waals surface area contributed by atoms with Crippen LogP contribution in [0.25, 0.3) is 0 Å². The Kier molecular flexibility index (Phi) is 4.74. The fourth-order valence-electron chi connectivity index (χ4n) is 2.16. The lowest BCUT2D eigenvalue weighted by Crippen LogP contribution is -2.12. The Morgan fingerprint density at radius 1 is 1.15 bits per heavy atom. The predicted molar refractivity (Wildman–Crippen MR) is 76.5 cm³/mol. The first-order chi connectivity index (χ1) is 9.59. The molecule has 0 aliphatic rings. The van der Waals surface area contributed by atoms with Crippen molar-refractivity contribution in [1.82, 2.24) is 0 Å². The predicted octanol–water partition coefficient (Wildman–Crippen LogP) is 4.28. The first kappa shape index (κ1) is 14.5. The van der Waals surface area contributed by atoms with E-state index >= 15 is 0 Å². The average Bonchev–Trinajstić information content (AvgIpc) is 2.44. The van der Waals surface area contributed by atoms with Crippen molar-refractivity contribution in [3.05, 3.63) is 70.5 Å². The second-order valence-corrected chi connectivity index (χ2v) is 4.93. The van der Waals surface area contributed by atoms with Gasteiger partial charge >= 0.3 is 5.97 Å². The van der Waals surface area contributed by atoms with Crippen LogP contribution >= 0.6 is 11.6 Å². The molecule has 0 spiro atoms. The summed E-state index contributed by atoms with van der Waals surface area (Å²) in [5, 5.41) is 9.40. The van der Waals surface area contributed by atoms with Crippen LogP contribution < -0.4 is 0 Å². The third kappa shape index (κ3) is 3.36. The number of aliphatic carboxylic acids is 1. The summed E-state index contributed by atoms with van der Waals surface area (Å²) in [4.78, 5) is 11.4. The van der Waals surface area contributed by atoms with E-state index in [1.807, 2.05) is 6.07 Å². The fourth-order valence-corrected chi connectivity index (χ4v) is 2.38. The molecule has 1 N–H and O–H groups in total. The molecular weight excluding hydrogens is 279 g/mol. The van der Waals surface area contributed by atoms with Gasteiger partial charge in [-0.15, -0.1) is 0 Å². The second kappa shape index (κ2) is 6.53. The van der Waals surface area contributed by atoms with E-state index in [1.54, 1.807) is 36.4 Å². The summed E-state index contributed by atoms with van der Waals surface area (Å²) in [6, 6.07) is 13.6. The molecule has 0 fully saturated rings. The molecule has 1 unspecified atom stereocenters. The molecule has 104 valence electrons. The molecule has 2 rings (SSSR count). The van der Waals surface area contributed by atoms with E-state index < -0.39 is 17.7 Å². The summed E-state index contributed by atoms with van der Waals surface area (Å²) < 4.78 is 13.3. The maximum Gasteiger partial charge on any atom is 0.310 e. The Morgan fingerprint density at radius 2 is 1.85 bits per heavy atom. The number of carboxylic acid groups (broad SMARTS) is 1. The lowest BCUT2D eigenvalue weighted by molar-refractivity contribution is -0.138. The summed E-state index contributed by atoms with van der Waals surface area (Å²) in [6.45, 7) is 0. The molecule has 2 nitrogen and oxygen atoms in total. The van der Waals surface area contributed by atoms with Gasteiger partial charge < -0.3 is 5.11 Å². The second-order valence-electron chi connectivity index (χ2n) is 4.55. The van der Waals surface area contributed by atoms with Crippen molar-refractivity contribution in [3.8, 4) is 0 Å². The van der Waals surface area contributed by atoms with Crippen molar-refractivity contribution in [1.29, 1.82) is 0 Å². The Hall–Kier alpha value is -1.87. The minimum Gasteiger partial charge on any atom is -0.481 e. The average molecular weight is 293 g/mol. The summed E-state index contributed by atoms with van der Waals surface area (Å²) in [5.41, 5.74) is 1.38. The van der Waals surface area contributed by atoms with Crippen LogP contribution in [0.1, 0.15) is 23.5 Å². The zero-order valence-corrected chi connectivity index (χ0v) is 11.5. The number of halogens is 2. The van der Waals surface area contributed by atoms with Crippen molar-refractivity contribution >= 4 is 17.6 Å². The van der Waals surface area contributed by atoms with Gasteiger partial charge in [0.2, 0.25) is 0 Å². The number of rotatable bonds is 5. The number of hydrogen-bond acceptors (Lipinski definition) is 1. The highest BCUT2D eigenvalue weighted by Gasteiger charge is 2.20. The lowest BCUT2D eigenvalue weighted by atomic mass is 9.92. The van der Waals surface area contributed by atoms with E-state index in [0.717, 1.165) is 5.56 Å². The minimum absolute atomic E-state index is 0.0738. The highest BCUT2D eigenvalue weighted by atomic mass is 35.5. The molecular formula is C16H14ClFO2. The topological polar surface area (TPSA) is 37.3 Å². The van der Waals surface area contributed by atoms with Crippen molar-refractivity contribution < 1.29 is 14.3 Å². The number of benzene rings is 2. The van der Waals surface area contributed by atoms with Gasteiger partial charge in [0.15, 0.2) is 0 Å². The monoisotopic (exact) mass is 292 g/mol. The van der Waals surface area contributed by atoms with Crippen LogP contribution in [0.15, 0.2) is 48.5 Å². The quantitative estimate of drug-likeness (QED) is 0.893. The lowest BCUT2D eigenvalue weighted by Gasteiger charge is -2.13. The molecule has 0 amide bonds. The van der Waals surface area contributed by atoms with Gasteiger partial charge in [-0.1, -0.05) is 54.1 Å². The van der Waals surface area contributed by atoms with Gasteiger partial charge in [0, 0.05) is 0 Å². The van der Waals surface area contributed by atoms with Crippen molar-refractivity contribution in [3.63, 3.8) is 0 Å². The van der Waals surface area contributed by atoms with Crippen molar-refractivity contribution in [2.24, 2.45) is 0 Å². The van der Waals surface area contributed by atoms with Gasteiger partial charge in [-0.25, -0.2) is 4.39 Å². The first-order valence-corrected chi connectivity index (χ1v) is 6.68. The van der Waals surface area contributed by atoms with Crippen LogP contribution in [-0.4, -0.2) is 11.1 Å². The number of aryl methyl sites for hydroxylation is 1. The van der Waals surface area contributed by atoms with Crippen LogP contribution in [0, 0.1) is 5.82 Å². The SMILES string of the molecule is O=C(O)C(CCc1cccc(F)c1Cl)c1ccccc1. The molecule has 0 heterocycles. The van der Waals surface area contributed by atoms with Gasteiger partial charge in [-0.05, 0) is 30.0 Å². The summed E-state index contributed by atoms with van der Waals surface area (Å²) >= 11 is 5.88. The molecule has 2 aromatic carbocycles. The molecule has 0 radical (unpaired) electrons. The van der Waals surface area contributed by atoms with E-state index in [0.29, 0.717) is 18.4 Å². The normalized spacial score (nSPS) is 12.1. The smallest absolute Gasteiger partial charge is 0.310 e. The van der Waals surface area contributed by atoms with E-state index in [-0.39, 0.29) is 5.02 Å². The third-order valence-electron chi connectivity index (χ3n) is 3.23. The maximum absolute atomic E-state index is 13.3. The molecule has 0 aromatic heterocycles. The molecule has 0 saturated heterocycles. The summed E-state index contributed by atoms with van der Waals surface area (Å²) in [5.74, 6) is -1.98. The van der Waals surface area contributed by atoms with Gasteiger partial charge in [-0.2, -0.15) is 0 Å². The molecule has 0 aliphatic carbocycles. The molecule has 20 heavy (non-hydrogen) atoms. The molecule has 4 heteroatoms. The highest BCUT2D eigenvalue weighted by Crippen LogP contribution is 2.26. The molecule has 1 atom stereocenters. The summed E-state index contributed by atoms with van der Waals surface area (Å²) in [7, 11) is 0. The standard InChI is InChI=1S/C16H14ClFO2/c17-15-12(7-4-8-14(15)18)9-10-13(16(19)20)11-5-2-1-3-6-11/h1-8,13H,9-10H2,(H,19,20). The van der Waals surface area contributed by atoms with Crippen LogP contribution in [0.5, 0.6) is 0 Å². The number of carboxylic acids is 1. The maximum atomic E-state index is 13.3. The first-order valence-electron chi connectivity index (χ1n) is 6.30. The summed E-state index contributed by atoms with van der Waals surface area (Å²) in [6.07, 6.45) is 0.797. The molecule has 2 aromatic rings. The van der Waals surface area contributed by atoms with Gasteiger partial charge in [0.05, 0.1) is 10.9 Å². The van der Waals surface area contributed by atoms with E-state index in [1.165, 1.54) is 6.07 Å². The van der Waals surface area contributed by atoms with Crippen LogP contribution in [0.4, 0.5) is 4.39 Å². The highest BCUT2D eigenvalue weighted by molar-refractivity contribution is 6.31. The van der Waals surface area contributed by atoms with Crippen LogP contribution in [-0.2, 0) is 11.2 Å². The van der Waals surface area contributed by atoms with E-state index in [9.17, 15) is 14.3 Å².